The molecule has 1 aliphatic rings. The molecule has 11 heteroatoms. The lowest BCUT2D eigenvalue weighted by Gasteiger charge is -2.11. The van der Waals surface area contributed by atoms with E-state index < -0.39 is 5.97 Å². The van der Waals surface area contributed by atoms with Gasteiger partial charge in [-0.05, 0) is 43.4 Å². The molecule has 174 valence electrons. The number of thioether (sulfide) groups is 1. The predicted octanol–water partition coefficient (Wildman–Crippen LogP) is 4.21. The number of carbonyl (C=O) groups excluding carboxylic acids is 2. The van der Waals surface area contributed by atoms with E-state index in [1.54, 1.807) is 32.4 Å². The number of benzene rings is 1. The number of nitrogens with zero attached hydrogens (tertiary/aromatic N) is 2. The highest BCUT2D eigenvalue weighted by Crippen LogP contribution is 2.38. The number of anilines is 1. The van der Waals surface area contributed by atoms with Gasteiger partial charge >= 0.3 is 5.97 Å². The van der Waals surface area contributed by atoms with Crippen LogP contribution in [0.4, 0.5) is 5.00 Å². The lowest BCUT2D eigenvalue weighted by Crippen LogP contribution is -2.16. The summed E-state index contributed by atoms with van der Waals surface area (Å²) >= 11 is 2.56. The van der Waals surface area contributed by atoms with E-state index in [-0.39, 0.29) is 22.8 Å². The van der Waals surface area contributed by atoms with E-state index >= 15 is 0 Å². The number of hydrogen-bond acceptors (Lipinski definition) is 10. The summed E-state index contributed by atoms with van der Waals surface area (Å²) in [4.78, 5) is 26.1. The van der Waals surface area contributed by atoms with Crippen LogP contribution in [-0.4, -0.2) is 49.2 Å². The van der Waals surface area contributed by atoms with Crippen molar-refractivity contribution in [2.24, 2.45) is 0 Å². The van der Waals surface area contributed by atoms with Crippen LogP contribution in [0.25, 0.3) is 11.5 Å². The van der Waals surface area contributed by atoms with Crippen LogP contribution in [0.3, 0.4) is 0 Å². The minimum Gasteiger partial charge on any atom is -0.497 e. The number of hydrogen-bond donors (Lipinski definition) is 1. The summed E-state index contributed by atoms with van der Waals surface area (Å²) in [5.74, 6) is 0.826. The van der Waals surface area contributed by atoms with E-state index in [1.807, 2.05) is 0 Å². The maximum atomic E-state index is 12.6. The largest absolute Gasteiger partial charge is 0.497 e. The number of aromatic nitrogens is 2. The first-order chi connectivity index (χ1) is 16.0. The van der Waals surface area contributed by atoms with Crippen molar-refractivity contribution >= 4 is 40.0 Å². The van der Waals surface area contributed by atoms with Gasteiger partial charge in [-0.25, -0.2) is 4.79 Å². The zero-order valence-electron chi connectivity index (χ0n) is 18.4. The molecule has 4 rings (SSSR count). The van der Waals surface area contributed by atoms with E-state index in [0.29, 0.717) is 27.6 Å². The van der Waals surface area contributed by atoms with Gasteiger partial charge in [-0.15, -0.1) is 21.5 Å². The zero-order valence-corrected chi connectivity index (χ0v) is 20.1. The summed E-state index contributed by atoms with van der Waals surface area (Å²) < 4.78 is 21.2. The predicted molar refractivity (Wildman–Crippen MR) is 124 cm³/mol. The third-order valence-corrected chi connectivity index (χ3v) is 7.17. The smallest absolute Gasteiger partial charge is 0.341 e. The molecule has 9 nitrogen and oxygen atoms in total. The van der Waals surface area contributed by atoms with Crippen LogP contribution in [0.1, 0.15) is 33.6 Å². The molecule has 0 unspecified atom stereocenters. The van der Waals surface area contributed by atoms with Gasteiger partial charge < -0.3 is 23.9 Å². The number of ether oxygens (including phenoxy) is 3. The molecule has 0 fully saturated rings. The number of carbonyl (C=O) groups is 2. The number of fused-ring (bicyclic) bond motifs is 1. The van der Waals surface area contributed by atoms with Gasteiger partial charge in [0.15, 0.2) is 0 Å². The normalized spacial score (nSPS) is 12.7. The van der Waals surface area contributed by atoms with Gasteiger partial charge in [0.2, 0.25) is 11.8 Å². The highest BCUT2D eigenvalue weighted by atomic mass is 32.2. The molecule has 0 atom stereocenters. The van der Waals surface area contributed by atoms with Crippen LogP contribution in [0.5, 0.6) is 11.5 Å². The number of esters is 1. The number of nitrogens with one attached hydrogen (secondary N) is 1. The third kappa shape index (κ3) is 5.14. The first kappa shape index (κ1) is 23.1. The number of amides is 1. The fourth-order valence-corrected chi connectivity index (χ4v) is 5.43. The van der Waals surface area contributed by atoms with E-state index in [4.69, 9.17) is 18.6 Å². The molecule has 2 heterocycles. The minimum absolute atomic E-state index is 0.0479. The monoisotopic (exact) mass is 489 g/mol. The average molecular weight is 490 g/mol. The number of rotatable bonds is 8. The number of aryl methyl sites for hydroxylation is 1. The Morgan fingerprint density at radius 3 is 2.52 bits per heavy atom. The lowest BCUT2D eigenvalue weighted by molar-refractivity contribution is -0.113. The fraction of sp³-hybridized carbons (Fsp3) is 0.364. The molecular weight excluding hydrogens is 466 g/mol. The molecule has 1 amide bonds. The van der Waals surface area contributed by atoms with E-state index in [9.17, 15) is 9.59 Å². The van der Waals surface area contributed by atoms with Gasteiger partial charge in [-0.1, -0.05) is 11.8 Å². The van der Waals surface area contributed by atoms with Crippen LogP contribution in [-0.2, 0) is 22.4 Å². The Balaban J connectivity index is 1.43. The maximum absolute atomic E-state index is 12.6. The molecule has 3 aromatic rings. The molecule has 2 aromatic heterocycles. The van der Waals surface area contributed by atoms with Crippen molar-refractivity contribution < 1.29 is 28.2 Å². The standard InChI is InChI=1S/C22H23N3O6S2/c1-28-13-8-12(9-14(10-13)29-2)19-24-25-22(31-19)32-11-17(26)23-20-18(21(27)30-3)15-6-4-5-7-16(15)33-20/h8-10H,4-7,11H2,1-3H3,(H,23,26). The van der Waals surface area contributed by atoms with E-state index in [0.717, 1.165) is 47.9 Å². The van der Waals surface area contributed by atoms with E-state index in [1.165, 1.54) is 18.4 Å². The second kappa shape index (κ2) is 10.3. The highest BCUT2D eigenvalue weighted by Gasteiger charge is 2.27. The van der Waals surface area contributed by atoms with Crippen molar-refractivity contribution in [3.05, 3.63) is 34.2 Å². The Hall–Kier alpha value is -3.05. The zero-order chi connectivity index (χ0) is 23.4. The molecule has 1 aromatic carbocycles. The van der Waals surface area contributed by atoms with Crippen LogP contribution in [0.2, 0.25) is 0 Å². The van der Waals surface area contributed by atoms with E-state index in [2.05, 4.69) is 15.5 Å². The summed E-state index contributed by atoms with van der Waals surface area (Å²) in [7, 11) is 4.46. The van der Waals surface area contributed by atoms with Crippen molar-refractivity contribution in [3.8, 4) is 23.0 Å². The summed E-state index contributed by atoms with van der Waals surface area (Å²) in [6.07, 6.45) is 3.83. The Labute approximate surface area is 198 Å². The van der Waals surface area contributed by atoms with Crippen LogP contribution in [0, 0.1) is 0 Å². The Bertz CT molecular complexity index is 1150. The van der Waals surface area contributed by atoms with Crippen LogP contribution < -0.4 is 14.8 Å². The maximum Gasteiger partial charge on any atom is 0.341 e. The molecule has 0 bridgehead atoms. The topological polar surface area (TPSA) is 113 Å². The average Bonchev–Trinajstić information content (AvgIpc) is 3.46. The number of thiophene rings is 1. The summed E-state index contributed by atoms with van der Waals surface area (Å²) in [6, 6.07) is 5.25. The van der Waals surface area contributed by atoms with Gasteiger partial charge in [0.25, 0.3) is 5.22 Å². The second-order valence-electron chi connectivity index (χ2n) is 7.22. The summed E-state index contributed by atoms with van der Waals surface area (Å²) in [5, 5.41) is 11.7. The molecule has 0 saturated carbocycles. The number of methoxy groups -OCH3 is 3. The van der Waals surface area contributed by atoms with Crippen molar-refractivity contribution in [2.75, 3.05) is 32.4 Å². The molecule has 1 N–H and O–H groups in total. The van der Waals surface area contributed by atoms with Crippen molar-refractivity contribution in [2.45, 2.75) is 30.9 Å². The lowest BCUT2D eigenvalue weighted by atomic mass is 9.95. The van der Waals surface area contributed by atoms with Gasteiger partial charge in [-0.3, -0.25) is 4.79 Å². The van der Waals surface area contributed by atoms with Crippen molar-refractivity contribution in [1.29, 1.82) is 0 Å². The minimum atomic E-state index is -0.424. The van der Waals surface area contributed by atoms with Gasteiger partial charge in [0, 0.05) is 16.5 Å². The van der Waals surface area contributed by atoms with Gasteiger partial charge in [0.1, 0.15) is 16.5 Å². The summed E-state index contributed by atoms with van der Waals surface area (Å²) in [6.45, 7) is 0. The van der Waals surface area contributed by atoms with Crippen LogP contribution >= 0.6 is 23.1 Å². The Morgan fingerprint density at radius 1 is 1.09 bits per heavy atom. The first-order valence-corrected chi connectivity index (χ1v) is 12.0. The second-order valence-corrected chi connectivity index (χ2v) is 9.25. The molecule has 0 spiro atoms. The highest BCUT2D eigenvalue weighted by molar-refractivity contribution is 7.99. The molecule has 1 aliphatic carbocycles. The Morgan fingerprint density at radius 2 is 1.82 bits per heavy atom. The molecule has 0 aliphatic heterocycles. The van der Waals surface area contributed by atoms with Crippen LogP contribution in [0.15, 0.2) is 27.8 Å². The molecule has 0 radical (unpaired) electrons. The molecule has 0 saturated heterocycles. The van der Waals surface area contributed by atoms with Crippen molar-refractivity contribution in [1.82, 2.24) is 10.2 Å². The quantitative estimate of drug-likeness (QED) is 0.367. The SMILES string of the molecule is COC(=O)c1c(NC(=O)CSc2nnc(-c3cc(OC)cc(OC)c3)o2)sc2c1CCCC2. The first-order valence-electron chi connectivity index (χ1n) is 10.2. The van der Waals surface area contributed by atoms with Crippen molar-refractivity contribution in [3.63, 3.8) is 0 Å². The van der Waals surface area contributed by atoms with Gasteiger partial charge in [-0.2, -0.15) is 0 Å². The van der Waals surface area contributed by atoms with Gasteiger partial charge in [0.05, 0.1) is 32.6 Å². The Kier molecular flexibility index (Phi) is 7.19. The molecular formula is C22H23N3O6S2. The molecule has 33 heavy (non-hydrogen) atoms. The fourth-order valence-electron chi connectivity index (χ4n) is 3.58. The third-order valence-electron chi connectivity index (χ3n) is 5.15. The summed E-state index contributed by atoms with van der Waals surface area (Å²) in [5.41, 5.74) is 2.11.